The van der Waals surface area contributed by atoms with Crippen LogP contribution in [0.1, 0.15) is 116 Å². The number of rotatable bonds is 20. The smallest absolute Gasteiger partial charge is 0.268 e. The SMILES string of the molecule is C[C@@H]1CN([C@H]2CC[C@H](CNc3ccc(S(=O)(=O)NC(=O)c4ccc(NCCNCC5=C(c6ccc(Cl)cc6)CC(C)(C)CC5)cc4Oc4cnc5[nH]ccc5c4)cc3[NH+]([O-])O)CC2)CCN1Cc1ccc2c(c1)CN(C1CCC(=O)NC1=O)C2=O. The fourth-order valence-electron chi connectivity index (χ4n) is 12.8. The highest BCUT2D eigenvalue weighted by Gasteiger charge is 2.40. The van der Waals surface area contributed by atoms with Crippen LogP contribution in [0.3, 0.4) is 0 Å². The normalized spacial score (nSPS) is 21.6. The molecule has 448 valence electrons. The molecule has 1 saturated carbocycles. The van der Waals surface area contributed by atoms with Crippen molar-refractivity contribution in [2.75, 3.05) is 56.4 Å². The van der Waals surface area contributed by atoms with Gasteiger partial charge in [-0.1, -0.05) is 55.3 Å². The molecule has 20 nitrogen and oxygen atoms in total. The minimum Gasteiger partial charge on any atom is -0.595 e. The summed E-state index contributed by atoms with van der Waals surface area (Å²) in [5.74, 6) is -1.19. The van der Waals surface area contributed by atoms with Crippen LogP contribution >= 0.6 is 11.6 Å². The molecular formula is C63H74ClN11O9S. The van der Waals surface area contributed by atoms with E-state index in [0.717, 1.165) is 100 Å². The summed E-state index contributed by atoms with van der Waals surface area (Å²) in [5, 5.41) is 35.9. The molecule has 2 aromatic heterocycles. The molecule has 0 spiro atoms. The predicted molar refractivity (Wildman–Crippen MR) is 325 cm³/mol. The number of sulfonamides is 1. The van der Waals surface area contributed by atoms with Gasteiger partial charge < -0.3 is 35.8 Å². The second-order valence-corrected chi connectivity index (χ2v) is 26.3. The first-order valence-corrected chi connectivity index (χ1v) is 31.3. The van der Waals surface area contributed by atoms with Gasteiger partial charge >= 0.3 is 0 Å². The van der Waals surface area contributed by atoms with E-state index in [0.29, 0.717) is 72.4 Å². The van der Waals surface area contributed by atoms with Crippen molar-refractivity contribution in [1.29, 1.82) is 0 Å². The van der Waals surface area contributed by atoms with Gasteiger partial charge in [0.05, 0.1) is 22.3 Å². The Hall–Kier alpha value is -7.21. The average Bonchev–Trinajstić information content (AvgIpc) is 2.61. The highest BCUT2D eigenvalue weighted by molar-refractivity contribution is 7.90. The van der Waals surface area contributed by atoms with Gasteiger partial charge in [-0.05, 0) is 146 Å². The van der Waals surface area contributed by atoms with Crippen molar-refractivity contribution in [3.63, 3.8) is 0 Å². The molecule has 5 heterocycles. The number of aromatic amines is 1. The lowest BCUT2D eigenvalue weighted by atomic mass is 9.72. The first-order valence-electron chi connectivity index (χ1n) is 29.4. The number of carbonyl (C=O) groups is 4. The van der Waals surface area contributed by atoms with Crippen LogP contribution < -0.4 is 36.0 Å². The first kappa shape index (κ1) is 59.5. The number of amides is 4. The number of piperazine rings is 1. The summed E-state index contributed by atoms with van der Waals surface area (Å²) in [6.07, 6.45) is 10.8. The quantitative estimate of drug-likeness (QED) is 0.0204. The molecule has 0 radical (unpaired) electrons. The van der Waals surface area contributed by atoms with E-state index >= 15 is 0 Å². The number of halogens is 1. The fraction of sp³-hybridized carbons (Fsp3) is 0.413. The number of ether oxygens (including phenoxy) is 1. The van der Waals surface area contributed by atoms with E-state index in [2.05, 4.69) is 84.7 Å². The van der Waals surface area contributed by atoms with Gasteiger partial charge in [-0.3, -0.25) is 34.3 Å². The van der Waals surface area contributed by atoms with Gasteiger partial charge in [0.25, 0.3) is 21.8 Å². The number of H-pyrrole nitrogens is 1. The van der Waals surface area contributed by atoms with Crippen LogP contribution in [0.15, 0.2) is 114 Å². The Kier molecular flexibility index (Phi) is 17.8. The molecule has 0 bridgehead atoms. The number of benzene rings is 4. The molecule has 22 heteroatoms. The Morgan fingerprint density at radius 2 is 1.74 bits per heavy atom. The minimum absolute atomic E-state index is 0.0679. The first-order chi connectivity index (χ1) is 40.8. The van der Waals surface area contributed by atoms with Crippen LogP contribution in [0.25, 0.3) is 16.6 Å². The van der Waals surface area contributed by atoms with Crippen molar-refractivity contribution in [2.24, 2.45) is 11.3 Å². The Bertz CT molecular complexity index is 3640. The summed E-state index contributed by atoms with van der Waals surface area (Å²) >= 11 is 6.22. The lowest BCUT2D eigenvalue weighted by molar-refractivity contribution is -0.990. The summed E-state index contributed by atoms with van der Waals surface area (Å²) in [4.78, 5) is 65.3. The summed E-state index contributed by atoms with van der Waals surface area (Å²) in [5.41, 5.74) is 8.00. The van der Waals surface area contributed by atoms with E-state index in [9.17, 15) is 38.0 Å². The van der Waals surface area contributed by atoms with Gasteiger partial charge in [0, 0.05) is 117 Å². The maximum absolute atomic E-state index is 14.1. The third kappa shape index (κ3) is 13.9. The second-order valence-electron chi connectivity index (χ2n) is 24.1. The highest BCUT2D eigenvalue weighted by Crippen LogP contribution is 2.43. The zero-order chi connectivity index (χ0) is 59.6. The summed E-state index contributed by atoms with van der Waals surface area (Å²) < 4.78 is 36.4. The second kappa shape index (κ2) is 25.4. The largest absolute Gasteiger partial charge is 0.595 e. The van der Waals surface area contributed by atoms with Crippen LogP contribution in [0.5, 0.6) is 11.5 Å². The van der Waals surface area contributed by atoms with E-state index in [1.807, 2.05) is 30.3 Å². The van der Waals surface area contributed by atoms with E-state index < -0.39 is 33.1 Å². The molecule has 8 N–H and O–H groups in total. The number of pyridine rings is 1. The van der Waals surface area contributed by atoms with Gasteiger partial charge in [0.2, 0.25) is 11.8 Å². The Morgan fingerprint density at radius 1 is 0.929 bits per heavy atom. The van der Waals surface area contributed by atoms with E-state index in [-0.39, 0.29) is 57.2 Å². The molecular weight excluding hydrogens is 1120 g/mol. The molecule has 2 unspecified atom stereocenters. The number of hydrogen-bond acceptors (Lipinski definition) is 15. The monoisotopic (exact) mass is 1200 g/mol. The van der Waals surface area contributed by atoms with Crippen molar-refractivity contribution < 1.29 is 42.8 Å². The van der Waals surface area contributed by atoms with Crippen molar-refractivity contribution >= 4 is 78.9 Å². The van der Waals surface area contributed by atoms with Crippen molar-refractivity contribution in [1.82, 2.24) is 40.0 Å². The molecule has 2 aliphatic carbocycles. The van der Waals surface area contributed by atoms with Crippen LogP contribution in [-0.2, 0) is 32.7 Å². The number of piperidine rings is 1. The number of nitrogens with zero attached hydrogens (tertiary/aromatic N) is 4. The average molecular weight is 1200 g/mol. The fourth-order valence-corrected chi connectivity index (χ4v) is 13.9. The minimum atomic E-state index is -4.59. The molecule has 5 aliphatic rings. The molecule has 4 aromatic carbocycles. The molecule has 2 saturated heterocycles. The van der Waals surface area contributed by atoms with Gasteiger partial charge in [0.1, 0.15) is 23.2 Å². The summed E-state index contributed by atoms with van der Waals surface area (Å²) in [6.45, 7) is 13.1. The molecule has 85 heavy (non-hydrogen) atoms. The van der Waals surface area contributed by atoms with Crippen LogP contribution in [0, 0.1) is 16.5 Å². The number of nitrogens with one attached hydrogen (secondary N) is 7. The predicted octanol–water partition coefficient (Wildman–Crippen LogP) is 8.13. The number of imide groups is 1. The molecule has 3 aliphatic heterocycles. The summed E-state index contributed by atoms with van der Waals surface area (Å²) in [6, 6.07) is 26.3. The molecule has 3 atom stereocenters. The zero-order valence-corrected chi connectivity index (χ0v) is 49.7. The number of anilines is 2. The summed E-state index contributed by atoms with van der Waals surface area (Å²) in [7, 11) is -4.59. The van der Waals surface area contributed by atoms with E-state index in [1.54, 1.807) is 29.3 Å². The third-order valence-corrected chi connectivity index (χ3v) is 19.2. The number of hydrogen-bond donors (Lipinski definition) is 8. The molecule has 3 fully saturated rings. The topological polar surface area (TPSA) is 258 Å². The molecule has 4 amide bonds. The van der Waals surface area contributed by atoms with Crippen LogP contribution in [0.2, 0.25) is 5.02 Å². The maximum atomic E-state index is 14.1. The number of fused-ring (bicyclic) bond motifs is 2. The molecule has 6 aromatic rings. The van der Waals surface area contributed by atoms with Crippen molar-refractivity contribution in [3.8, 4) is 11.5 Å². The lowest BCUT2D eigenvalue weighted by Gasteiger charge is -2.45. The number of carbonyl (C=O) groups excluding carboxylic acids is 4. The van der Waals surface area contributed by atoms with Gasteiger partial charge in [0.15, 0.2) is 5.69 Å². The van der Waals surface area contributed by atoms with E-state index in [4.69, 9.17) is 16.3 Å². The standard InChI is InChI=1S/C63H74ClN11O9S/c1-39-36-73(27-26-72(39)37-41-6-15-51-45(28-41)38-74(62(51)79)55-18-19-58(76)70-61(55)78)48-12-4-40(5-13-48)33-68-54-17-14-50(31-56(54)75(80)81)85(82,83)71-60(77)52-16-11-47(30-57(52)84-49-29-43-21-23-67-59(43)69-35-49)66-25-24-65-34-44-20-22-63(2,3)32-53(44)42-7-9-46(64)10-8-42/h6-11,14-17,21,23,28-31,35,39-40,48,55,65-66,68,75,80H,4-5,12-13,18-20,22,24-27,32-34,36-38H2,1-3H3,(H,67,69)(H,71,77)(H,70,76,78)/t39-,40-,48-,55?/m1/s1. The maximum Gasteiger partial charge on any atom is 0.268 e. The van der Waals surface area contributed by atoms with Crippen molar-refractivity contribution in [3.05, 3.63) is 147 Å². The van der Waals surface area contributed by atoms with Gasteiger partial charge in [-0.15, -0.1) is 0 Å². The van der Waals surface area contributed by atoms with Crippen LogP contribution in [0.4, 0.5) is 17.1 Å². The number of allylic oxidation sites excluding steroid dienone is 1. The van der Waals surface area contributed by atoms with Crippen LogP contribution in [-0.4, -0.2) is 126 Å². The number of quaternary nitrogens is 1. The molecule has 11 rings (SSSR count). The third-order valence-electron chi connectivity index (χ3n) is 17.6. The Balaban J connectivity index is 0.674. The Labute approximate surface area is 500 Å². The highest BCUT2D eigenvalue weighted by atomic mass is 35.5. The Morgan fingerprint density at radius 3 is 2.52 bits per heavy atom. The van der Waals surface area contributed by atoms with Gasteiger partial charge in [-0.25, -0.2) is 23.3 Å². The van der Waals surface area contributed by atoms with Crippen molar-refractivity contribution in [2.45, 2.75) is 115 Å². The number of aromatic nitrogens is 2. The lowest BCUT2D eigenvalue weighted by Crippen LogP contribution is -2.99. The zero-order valence-electron chi connectivity index (χ0n) is 48.1. The van der Waals surface area contributed by atoms with E-state index in [1.165, 1.54) is 41.1 Å². The van der Waals surface area contributed by atoms with Gasteiger partial charge in [-0.2, -0.15) is 5.23 Å².